The summed E-state index contributed by atoms with van der Waals surface area (Å²) in [5.41, 5.74) is 1.57. The van der Waals surface area contributed by atoms with Gasteiger partial charge in [-0.15, -0.1) is 0 Å². The summed E-state index contributed by atoms with van der Waals surface area (Å²) in [5.74, 6) is -0.516. The monoisotopic (exact) mass is 297 g/mol. The summed E-state index contributed by atoms with van der Waals surface area (Å²) < 4.78 is 12.8. The first-order valence-electron chi connectivity index (χ1n) is 6.36. The molecule has 110 valence electrons. The Morgan fingerprint density at radius 1 is 1.45 bits per heavy atom. The Balaban J connectivity index is 2.68. The number of halogens is 1. The molecule has 0 spiro atoms. The quantitative estimate of drug-likeness (QED) is 0.793. The summed E-state index contributed by atoms with van der Waals surface area (Å²) in [4.78, 5) is 11.9. The van der Waals surface area contributed by atoms with Gasteiger partial charge < -0.3 is 10.4 Å². The smallest absolute Gasteiger partial charge is 0.244 e. The molecule has 20 heavy (non-hydrogen) atoms. The minimum atomic E-state index is -0.301. The third-order valence-corrected chi connectivity index (χ3v) is 4.22. The molecule has 0 aliphatic rings. The molecule has 0 aliphatic carbocycles. The Morgan fingerprint density at radius 2 is 2.05 bits per heavy atom. The Kier molecular flexibility index (Phi) is 6.75. The SMILES string of the molecule is CSC(CO)C(C)NC(=O)/C=C(/C)c1ccc(F)cc1. The van der Waals surface area contributed by atoms with E-state index in [4.69, 9.17) is 0 Å². The summed E-state index contributed by atoms with van der Waals surface area (Å²) in [7, 11) is 0. The van der Waals surface area contributed by atoms with Crippen LogP contribution in [-0.4, -0.2) is 35.2 Å². The lowest BCUT2D eigenvalue weighted by molar-refractivity contribution is -0.117. The van der Waals surface area contributed by atoms with Gasteiger partial charge >= 0.3 is 0 Å². The Bertz CT molecular complexity index is 469. The molecule has 0 saturated carbocycles. The van der Waals surface area contributed by atoms with Gasteiger partial charge in [0.25, 0.3) is 0 Å². The molecule has 0 bridgehead atoms. The molecule has 1 rings (SSSR count). The van der Waals surface area contributed by atoms with Crippen molar-refractivity contribution >= 4 is 23.2 Å². The molecule has 2 unspecified atom stereocenters. The Labute approximate surface area is 123 Å². The number of amides is 1. The number of rotatable bonds is 6. The maximum Gasteiger partial charge on any atom is 0.244 e. The fourth-order valence-electron chi connectivity index (χ4n) is 1.79. The number of carbonyl (C=O) groups is 1. The Morgan fingerprint density at radius 3 is 2.55 bits per heavy atom. The van der Waals surface area contributed by atoms with Gasteiger partial charge in [-0.2, -0.15) is 11.8 Å². The second-order valence-electron chi connectivity index (χ2n) is 4.59. The molecule has 0 saturated heterocycles. The molecule has 0 radical (unpaired) electrons. The molecule has 2 N–H and O–H groups in total. The first-order valence-corrected chi connectivity index (χ1v) is 7.65. The lowest BCUT2D eigenvalue weighted by Crippen LogP contribution is -2.40. The van der Waals surface area contributed by atoms with E-state index < -0.39 is 0 Å². The van der Waals surface area contributed by atoms with Gasteiger partial charge in [0.2, 0.25) is 5.91 Å². The predicted octanol–water partition coefficient (Wildman–Crippen LogP) is 2.46. The van der Waals surface area contributed by atoms with Gasteiger partial charge in [0.05, 0.1) is 6.61 Å². The zero-order chi connectivity index (χ0) is 15.1. The first-order chi connectivity index (χ1) is 9.47. The number of aliphatic hydroxyl groups excluding tert-OH is 1. The van der Waals surface area contributed by atoms with Crippen LogP contribution in [0.25, 0.3) is 5.57 Å². The number of hydrogen-bond donors (Lipinski definition) is 2. The van der Waals surface area contributed by atoms with Crippen molar-refractivity contribution in [1.29, 1.82) is 0 Å². The molecule has 1 aromatic rings. The molecule has 1 aromatic carbocycles. The zero-order valence-corrected chi connectivity index (χ0v) is 12.7. The molecule has 3 nitrogen and oxygen atoms in total. The Hall–Kier alpha value is -1.33. The van der Waals surface area contributed by atoms with Gasteiger partial charge in [-0.1, -0.05) is 12.1 Å². The average Bonchev–Trinajstić information content (AvgIpc) is 2.40. The van der Waals surface area contributed by atoms with Crippen molar-refractivity contribution in [2.75, 3.05) is 12.9 Å². The fourth-order valence-corrected chi connectivity index (χ4v) is 2.41. The van der Waals surface area contributed by atoms with Gasteiger partial charge in [-0.3, -0.25) is 4.79 Å². The number of benzene rings is 1. The molecule has 5 heteroatoms. The van der Waals surface area contributed by atoms with E-state index in [2.05, 4.69) is 5.32 Å². The van der Waals surface area contributed by atoms with E-state index in [0.29, 0.717) is 0 Å². The third-order valence-electron chi connectivity index (χ3n) is 3.06. The molecule has 2 atom stereocenters. The first kappa shape index (κ1) is 16.7. The summed E-state index contributed by atoms with van der Waals surface area (Å²) in [5, 5.41) is 12.0. The molecule has 0 heterocycles. The number of hydrogen-bond acceptors (Lipinski definition) is 3. The summed E-state index contributed by atoms with van der Waals surface area (Å²) in [6.45, 7) is 3.68. The largest absolute Gasteiger partial charge is 0.395 e. The van der Waals surface area contributed by atoms with Crippen LogP contribution < -0.4 is 5.32 Å². The van der Waals surface area contributed by atoms with Gasteiger partial charge in [0.15, 0.2) is 0 Å². The maximum absolute atomic E-state index is 12.8. The summed E-state index contributed by atoms with van der Waals surface area (Å²) >= 11 is 1.51. The van der Waals surface area contributed by atoms with E-state index in [1.807, 2.05) is 13.2 Å². The average molecular weight is 297 g/mol. The molecule has 0 fully saturated rings. The topological polar surface area (TPSA) is 49.3 Å². The highest BCUT2D eigenvalue weighted by Gasteiger charge is 2.16. The minimum Gasteiger partial charge on any atom is -0.395 e. The van der Waals surface area contributed by atoms with E-state index in [1.54, 1.807) is 19.1 Å². The van der Waals surface area contributed by atoms with Gasteiger partial charge in [-0.25, -0.2) is 4.39 Å². The minimum absolute atomic E-state index is 0.0171. The van der Waals surface area contributed by atoms with Crippen molar-refractivity contribution in [2.45, 2.75) is 25.1 Å². The second kappa shape index (κ2) is 8.07. The van der Waals surface area contributed by atoms with Crippen molar-refractivity contribution in [3.8, 4) is 0 Å². The molecule has 0 aliphatic heterocycles. The van der Waals surface area contributed by atoms with Crippen LogP contribution in [0.4, 0.5) is 4.39 Å². The van der Waals surface area contributed by atoms with Crippen LogP contribution in [0, 0.1) is 5.82 Å². The summed E-state index contributed by atoms with van der Waals surface area (Å²) in [6, 6.07) is 5.87. The highest BCUT2D eigenvalue weighted by atomic mass is 32.2. The third kappa shape index (κ3) is 4.98. The van der Waals surface area contributed by atoms with Crippen molar-refractivity contribution in [3.63, 3.8) is 0 Å². The van der Waals surface area contributed by atoms with Crippen molar-refractivity contribution in [3.05, 3.63) is 41.7 Å². The fraction of sp³-hybridized carbons (Fsp3) is 0.400. The molecular formula is C15H20FNO2S. The van der Waals surface area contributed by atoms with Gasteiger partial charge in [0, 0.05) is 17.4 Å². The second-order valence-corrected chi connectivity index (χ2v) is 5.67. The van der Waals surface area contributed by atoms with Crippen LogP contribution in [0.15, 0.2) is 30.3 Å². The van der Waals surface area contributed by atoms with Crippen LogP contribution in [0.1, 0.15) is 19.4 Å². The van der Waals surface area contributed by atoms with Crippen LogP contribution in [-0.2, 0) is 4.79 Å². The van der Waals surface area contributed by atoms with Crippen molar-refractivity contribution in [2.24, 2.45) is 0 Å². The van der Waals surface area contributed by atoms with Crippen LogP contribution >= 0.6 is 11.8 Å². The normalized spacial score (nSPS) is 14.8. The highest BCUT2D eigenvalue weighted by molar-refractivity contribution is 7.99. The van der Waals surface area contributed by atoms with Crippen molar-refractivity contribution < 1.29 is 14.3 Å². The van der Waals surface area contributed by atoms with E-state index in [1.165, 1.54) is 30.0 Å². The van der Waals surface area contributed by atoms with Gasteiger partial charge in [-0.05, 0) is 43.4 Å². The van der Waals surface area contributed by atoms with E-state index in [0.717, 1.165) is 11.1 Å². The van der Waals surface area contributed by atoms with Gasteiger partial charge in [0.1, 0.15) is 5.82 Å². The van der Waals surface area contributed by atoms with Crippen LogP contribution in [0.2, 0.25) is 0 Å². The molecular weight excluding hydrogens is 277 g/mol. The van der Waals surface area contributed by atoms with Crippen LogP contribution in [0.3, 0.4) is 0 Å². The van der Waals surface area contributed by atoms with E-state index in [-0.39, 0.29) is 29.6 Å². The molecule has 1 amide bonds. The number of allylic oxidation sites excluding steroid dienone is 1. The molecule has 0 aromatic heterocycles. The lowest BCUT2D eigenvalue weighted by Gasteiger charge is -2.20. The summed E-state index contributed by atoms with van der Waals surface area (Å²) in [6.07, 6.45) is 3.38. The lowest BCUT2D eigenvalue weighted by atomic mass is 10.1. The highest BCUT2D eigenvalue weighted by Crippen LogP contribution is 2.14. The maximum atomic E-state index is 12.8. The van der Waals surface area contributed by atoms with Crippen LogP contribution in [0.5, 0.6) is 0 Å². The predicted molar refractivity (Wildman–Crippen MR) is 82.0 cm³/mol. The number of nitrogens with one attached hydrogen (secondary N) is 1. The number of carbonyl (C=O) groups excluding carboxylic acids is 1. The number of thioether (sulfide) groups is 1. The van der Waals surface area contributed by atoms with Crippen molar-refractivity contribution in [1.82, 2.24) is 5.32 Å². The number of aliphatic hydroxyl groups is 1. The zero-order valence-electron chi connectivity index (χ0n) is 11.9. The van der Waals surface area contributed by atoms with E-state index >= 15 is 0 Å². The van der Waals surface area contributed by atoms with E-state index in [9.17, 15) is 14.3 Å². The standard InChI is InChI=1S/C15H20FNO2S/c1-10(12-4-6-13(16)7-5-12)8-15(19)17-11(2)14(9-18)20-3/h4-8,11,14,18H,9H2,1-3H3,(H,17,19)/b10-8-.